The van der Waals surface area contributed by atoms with E-state index in [0.717, 1.165) is 16.0 Å². The van der Waals surface area contributed by atoms with Gasteiger partial charge >= 0.3 is 0 Å². The van der Waals surface area contributed by atoms with Crippen molar-refractivity contribution in [3.63, 3.8) is 0 Å². The normalized spacial score (nSPS) is 11.0. The molecular weight excluding hydrogens is 274 g/mol. The molecule has 3 aromatic heterocycles. The summed E-state index contributed by atoms with van der Waals surface area (Å²) in [5, 5.41) is 7.87. The number of aryl methyl sites for hydroxylation is 1. The Kier molecular flexibility index (Phi) is 2.85. The third-order valence-electron chi connectivity index (χ3n) is 2.40. The topological polar surface area (TPSA) is 76.7 Å². The lowest BCUT2D eigenvalue weighted by Crippen LogP contribution is -2.01. The smallest absolute Gasteiger partial charge is 0.263 e. The lowest BCUT2D eigenvalue weighted by molar-refractivity contribution is 0.442. The third-order valence-corrected chi connectivity index (χ3v) is 3.51. The molecule has 0 spiro atoms. The van der Waals surface area contributed by atoms with Crippen molar-refractivity contribution in [2.75, 3.05) is 5.32 Å². The molecule has 0 aromatic carbocycles. The molecule has 0 bridgehead atoms. The summed E-state index contributed by atoms with van der Waals surface area (Å²) in [6.45, 7) is 2.45. The van der Waals surface area contributed by atoms with Crippen molar-refractivity contribution in [1.82, 2.24) is 20.1 Å². The second-order valence-corrected chi connectivity index (χ2v) is 5.30. The SMILES string of the molecule is Cc1noc2ncnc(NCc3cnc(Cl)s3)c12. The summed E-state index contributed by atoms with van der Waals surface area (Å²) in [5.41, 5.74) is 1.24. The zero-order valence-electron chi connectivity index (χ0n) is 9.35. The highest BCUT2D eigenvalue weighted by Gasteiger charge is 2.11. The van der Waals surface area contributed by atoms with Gasteiger partial charge < -0.3 is 9.84 Å². The fourth-order valence-corrected chi connectivity index (χ4v) is 2.51. The highest BCUT2D eigenvalue weighted by atomic mass is 35.5. The van der Waals surface area contributed by atoms with Crippen LogP contribution in [0.2, 0.25) is 4.47 Å². The quantitative estimate of drug-likeness (QED) is 0.795. The van der Waals surface area contributed by atoms with Crippen LogP contribution in [0.4, 0.5) is 5.82 Å². The minimum absolute atomic E-state index is 0.479. The molecule has 92 valence electrons. The fourth-order valence-electron chi connectivity index (χ4n) is 1.59. The average molecular weight is 282 g/mol. The van der Waals surface area contributed by atoms with Crippen LogP contribution in [0.15, 0.2) is 17.0 Å². The van der Waals surface area contributed by atoms with Gasteiger partial charge in [0.15, 0.2) is 4.47 Å². The Morgan fingerprint density at radius 3 is 3.06 bits per heavy atom. The van der Waals surface area contributed by atoms with Crippen LogP contribution >= 0.6 is 22.9 Å². The van der Waals surface area contributed by atoms with E-state index in [9.17, 15) is 0 Å². The highest BCUT2D eigenvalue weighted by Crippen LogP contribution is 2.24. The predicted octanol–water partition coefficient (Wildman–Crippen LogP) is 2.65. The van der Waals surface area contributed by atoms with E-state index in [1.165, 1.54) is 17.7 Å². The number of nitrogens with one attached hydrogen (secondary N) is 1. The van der Waals surface area contributed by atoms with Crippen LogP contribution in [0.1, 0.15) is 10.6 Å². The minimum Gasteiger partial charge on any atom is -0.364 e. The van der Waals surface area contributed by atoms with E-state index in [0.29, 0.717) is 22.5 Å². The molecule has 0 aliphatic carbocycles. The first-order valence-corrected chi connectivity index (χ1v) is 6.34. The summed E-state index contributed by atoms with van der Waals surface area (Å²) in [4.78, 5) is 13.2. The molecule has 8 heteroatoms. The third kappa shape index (κ3) is 2.02. The van der Waals surface area contributed by atoms with Crippen LogP contribution in [0.3, 0.4) is 0 Å². The van der Waals surface area contributed by atoms with Crippen LogP contribution < -0.4 is 5.32 Å². The van der Waals surface area contributed by atoms with Gasteiger partial charge in [-0.3, -0.25) is 0 Å². The van der Waals surface area contributed by atoms with Crippen molar-refractivity contribution in [2.24, 2.45) is 0 Å². The van der Waals surface area contributed by atoms with Gasteiger partial charge in [0.25, 0.3) is 5.71 Å². The molecule has 0 amide bonds. The first-order valence-electron chi connectivity index (χ1n) is 5.15. The van der Waals surface area contributed by atoms with Gasteiger partial charge in [0.1, 0.15) is 17.5 Å². The molecule has 0 fully saturated rings. The number of fused-ring (bicyclic) bond motifs is 1. The van der Waals surface area contributed by atoms with Crippen molar-refractivity contribution in [3.8, 4) is 0 Å². The van der Waals surface area contributed by atoms with Gasteiger partial charge in [-0.15, -0.1) is 11.3 Å². The lowest BCUT2D eigenvalue weighted by atomic mass is 10.3. The zero-order valence-corrected chi connectivity index (χ0v) is 10.9. The predicted molar refractivity (Wildman–Crippen MR) is 68.8 cm³/mol. The maximum atomic E-state index is 5.77. The molecule has 0 radical (unpaired) electrons. The van der Waals surface area contributed by atoms with E-state index < -0.39 is 0 Å². The summed E-state index contributed by atoms with van der Waals surface area (Å²) in [7, 11) is 0. The molecule has 6 nitrogen and oxygen atoms in total. The van der Waals surface area contributed by atoms with Crippen LogP contribution in [0, 0.1) is 6.92 Å². The first-order chi connectivity index (χ1) is 8.74. The number of thiazole rings is 1. The number of anilines is 1. The molecule has 18 heavy (non-hydrogen) atoms. The van der Waals surface area contributed by atoms with Crippen molar-refractivity contribution in [1.29, 1.82) is 0 Å². The van der Waals surface area contributed by atoms with Gasteiger partial charge in [-0.05, 0) is 6.92 Å². The number of hydrogen-bond acceptors (Lipinski definition) is 7. The number of halogens is 1. The molecule has 3 rings (SSSR count). The van der Waals surface area contributed by atoms with Gasteiger partial charge in [-0.1, -0.05) is 16.8 Å². The zero-order chi connectivity index (χ0) is 12.5. The van der Waals surface area contributed by atoms with Gasteiger partial charge in [0.2, 0.25) is 0 Å². The maximum Gasteiger partial charge on any atom is 0.263 e. The summed E-state index contributed by atoms with van der Waals surface area (Å²) >= 11 is 7.20. The van der Waals surface area contributed by atoms with E-state index in [1.54, 1.807) is 6.20 Å². The Labute approximate surface area is 111 Å². The molecule has 0 aliphatic rings. The monoisotopic (exact) mass is 281 g/mol. The fraction of sp³-hybridized carbons (Fsp3) is 0.200. The van der Waals surface area contributed by atoms with Crippen LogP contribution in [-0.2, 0) is 6.54 Å². The number of hydrogen-bond donors (Lipinski definition) is 1. The first kappa shape index (κ1) is 11.4. The van der Waals surface area contributed by atoms with E-state index in [1.807, 2.05) is 6.92 Å². The standard InChI is InChI=1S/C10H8ClN5OS/c1-5-7-8(14-4-15-9(7)17-16-5)12-2-6-3-13-10(11)18-6/h3-4H,2H2,1H3,(H,12,14,15). The minimum atomic E-state index is 0.479. The highest BCUT2D eigenvalue weighted by molar-refractivity contribution is 7.15. The molecule has 0 atom stereocenters. The summed E-state index contributed by atoms with van der Waals surface area (Å²) in [6.07, 6.45) is 3.17. The lowest BCUT2D eigenvalue weighted by Gasteiger charge is -2.03. The Bertz CT molecular complexity index is 694. The maximum absolute atomic E-state index is 5.77. The number of nitrogens with zero attached hydrogens (tertiary/aromatic N) is 4. The molecule has 1 N–H and O–H groups in total. The molecule has 0 unspecified atom stereocenters. The van der Waals surface area contributed by atoms with Crippen LogP contribution in [-0.4, -0.2) is 20.1 Å². The van der Waals surface area contributed by atoms with Gasteiger partial charge in [0, 0.05) is 11.1 Å². The van der Waals surface area contributed by atoms with Gasteiger partial charge in [-0.25, -0.2) is 9.97 Å². The Hall–Kier alpha value is -1.73. The Morgan fingerprint density at radius 1 is 1.39 bits per heavy atom. The summed E-state index contributed by atoms with van der Waals surface area (Å²) in [6, 6.07) is 0. The Balaban J connectivity index is 1.88. The van der Waals surface area contributed by atoms with Crippen LogP contribution in [0.25, 0.3) is 11.1 Å². The molecule has 0 saturated heterocycles. The van der Waals surface area contributed by atoms with Gasteiger partial charge in [0.05, 0.1) is 12.2 Å². The summed E-state index contributed by atoms with van der Waals surface area (Å²) < 4.78 is 5.60. The molecular formula is C10H8ClN5OS. The van der Waals surface area contributed by atoms with E-state index in [2.05, 4.69) is 25.4 Å². The summed E-state index contributed by atoms with van der Waals surface area (Å²) in [5.74, 6) is 0.697. The molecule has 0 saturated carbocycles. The van der Waals surface area contributed by atoms with Gasteiger partial charge in [-0.2, -0.15) is 4.98 Å². The Morgan fingerprint density at radius 2 is 2.28 bits per heavy atom. The van der Waals surface area contributed by atoms with E-state index >= 15 is 0 Å². The second kappa shape index (κ2) is 4.51. The van der Waals surface area contributed by atoms with Crippen LogP contribution in [0.5, 0.6) is 0 Å². The molecule has 3 heterocycles. The van der Waals surface area contributed by atoms with Crippen molar-refractivity contribution in [3.05, 3.63) is 27.6 Å². The molecule has 3 aromatic rings. The van der Waals surface area contributed by atoms with E-state index in [-0.39, 0.29) is 0 Å². The van der Waals surface area contributed by atoms with Crippen molar-refractivity contribution in [2.45, 2.75) is 13.5 Å². The average Bonchev–Trinajstić information content (AvgIpc) is 2.94. The number of aromatic nitrogens is 4. The van der Waals surface area contributed by atoms with Crippen molar-refractivity contribution >= 4 is 39.9 Å². The molecule has 0 aliphatic heterocycles. The van der Waals surface area contributed by atoms with Crippen molar-refractivity contribution < 1.29 is 4.52 Å². The number of rotatable bonds is 3. The van der Waals surface area contributed by atoms with E-state index in [4.69, 9.17) is 16.1 Å². The second-order valence-electron chi connectivity index (χ2n) is 3.60. The largest absolute Gasteiger partial charge is 0.364 e.